The number of hydrogen-bond acceptors (Lipinski definition) is 1. The number of hydrogen-bond donors (Lipinski definition) is 1. The van der Waals surface area contributed by atoms with Gasteiger partial charge in [0.1, 0.15) is 0 Å². The fraction of sp³-hybridized carbons (Fsp3) is 0.500. The van der Waals surface area contributed by atoms with Crippen LogP contribution in [-0.2, 0) is 0 Å². The molecule has 0 saturated heterocycles. The molecule has 0 amide bonds. The third kappa shape index (κ3) is 15.4. The maximum absolute atomic E-state index is 7.00. The summed E-state index contributed by atoms with van der Waals surface area (Å²) < 4.78 is 0. The summed E-state index contributed by atoms with van der Waals surface area (Å²) in [6.07, 6.45) is 0. The minimum atomic E-state index is 0. The van der Waals surface area contributed by atoms with Gasteiger partial charge in [-0.2, -0.15) is 0 Å². The van der Waals surface area contributed by atoms with Crippen molar-refractivity contribution in [3.05, 3.63) is 7.43 Å². The largest absolute Gasteiger partial charge is 2.00 e. The molecular formula is C2H7MgO+. The van der Waals surface area contributed by atoms with Gasteiger partial charge in [-0.3, -0.25) is 0 Å². The number of aliphatic hydroxyl groups is 1. The summed E-state index contributed by atoms with van der Waals surface area (Å²) in [5.41, 5.74) is 0. The van der Waals surface area contributed by atoms with E-state index in [0.29, 0.717) is 0 Å². The van der Waals surface area contributed by atoms with Crippen molar-refractivity contribution in [2.45, 2.75) is 0 Å². The molecular weight excluding hydrogens is 64.3 g/mol. The summed E-state index contributed by atoms with van der Waals surface area (Å²) in [5, 5.41) is 7.00. The first-order valence-corrected chi connectivity index (χ1v) is 0.447. The summed E-state index contributed by atoms with van der Waals surface area (Å²) in [5.74, 6) is 0. The first-order valence-electron chi connectivity index (χ1n) is 0.447. The molecule has 0 aromatic rings. The molecule has 0 aliphatic rings. The zero-order valence-electron chi connectivity index (χ0n) is 3.15. The molecule has 0 heterocycles. The van der Waals surface area contributed by atoms with Gasteiger partial charge in [0, 0.05) is 7.11 Å². The second-order valence-corrected chi connectivity index (χ2v) is 0. The van der Waals surface area contributed by atoms with E-state index in [1.807, 2.05) is 0 Å². The standard InChI is InChI=1S/CH4O.CH3.Mg/c1-2;;/h2H,1H3;1H3;/q;-1;+2. The molecule has 0 aliphatic heterocycles. The van der Waals surface area contributed by atoms with Crippen molar-refractivity contribution in [2.24, 2.45) is 0 Å². The Hall–Kier alpha value is 0.726. The molecule has 0 aromatic heterocycles. The van der Waals surface area contributed by atoms with Crippen LogP contribution < -0.4 is 0 Å². The molecule has 0 unspecified atom stereocenters. The van der Waals surface area contributed by atoms with Crippen molar-refractivity contribution in [3.8, 4) is 0 Å². The Morgan fingerprint density at radius 1 is 1.25 bits per heavy atom. The molecule has 0 rings (SSSR count). The zero-order chi connectivity index (χ0) is 2.00. The van der Waals surface area contributed by atoms with Gasteiger partial charge < -0.3 is 12.5 Å². The molecule has 0 spiro atoms. The normalized spacial score (nSPS) is 1.50. The van der Waals surface area contributed by atoms with Gasteiger partial charge in [0.25, 0.3) is 0 Å². The smallest absolute Gasteiger partial charge is 0.400 e. The Kier molecular flexibility index (Phi) is 289. The van der Waals surface area contributed by atoms with Crippen LogP contribution in [0.2, 0.25) is 0 Å². The van der Waals surface area contributed by atoms with Crippen LogP contribution in [0.25, 0.3) is 0 Å². The third-order valence-electron chi connectivity index (χ3n) is 0. The monoisotopic (exact) mass is 71.0 g/mol. The van der Waals surface area contributed by atoms with Crippen molar-refractivity contribution in [1.29, 1.82) is 0 Å². The Morgan fingerprint density at radius 3 is 1.25 bits per heavy atom. The van der Waals surface area contributed by atoms with E-state index in [4.69, 9.17) is 5.11 Å². The van der Waals surface area contributed by atoms with E-state index in [1.165, 1.54) is 0 Å². The molecule has 0 atom stereocenters. The Balaban J connectivity index is -0.00000000500. The maximum atomic E-state index is 7.00. The number of rotatable bonds is 0. The van der Waals surface area contributed by atoms with Gasteiger partial charge in [-0.15, -0.1) is 0 Å². The summed E-state index contributed by atoms with van der Waals surface area (Å²) >= 11 is 0. The molecule has 0 aromatic carbocycles. The Labute approximate surface area is 43.2 Å². The van der Waals surface area contributed by atoms with Crippen LogP contribution >= 0.6 is 0 Å². The SMILES string of the molecule is CO.[CH3-].[Mg+2]. The fourth-order valence-corrected chi connectivity index (χ4v) is 0. The van der Waals surface area contributed by atoms with Gasteiger partial charge in [0.15, 0.2) is 0 Å². The first-order chi connectivity index (χ1) is 1.00. The summed E-state index contributed by atoms with van der Waals surface area (Å²) in [6.45, 7) is 0. The van der Waals surface area contributed by atoms with Gasteiger partial charge in [-0.25, -0.2) is 0 Å². The Morgan fingerprint density at radius 2 is 1.25 bits per heavy atom. The van der Waals surface area contributed by atoms with E-state index in [2.05, 4.69) is 0 Å². The van der Waals surface area contributed by atoms with Crippen molar-refractivity contribution in [1.82, 2.24) is 0 Å². The van der Waals surface area contributed by atoms with Crippen LogP contribution in [0, 0.1) is 7.43 Å². The van der Waals surface area contributed by atoms with Crippen molar-refractivity contribution < 1.29 is 5.11 Å². The van der Waals surface area contributed by atoms with E-state index in [0.717, 1.165) is 7.11 Å². The molecule has 0 saturated carbocycles. The summed E-state index contributed by atoms with van der Waals surface area (Å²) in [7, 11) is 1.00. The fourth-order valence-electron chi connectivity index (χ4n) is 0. The van der Waals surface area contributed by atoms with Crippen LogP contribution in [0.1, 0.15) is 0 Å². The second-order valence-electron chi connectivity index (χ2n) is 0. The Bertz CT molecular complexity index is 6.00. The average molecular weight is 71.4 g/mol. The molecule has 0 fully saturated rings. The van der Waals surface area contributed by atoms with Gasteiger partial charge in [0.2, 0.25) is 0 Å². The van der Waals surface area contributed by atoms with Crippen molar-refractivity contribution in [2.75, 3.05) is 7.11 Å². The third-order valence-corrected chi connectivity index (χ3v) is 0. The summed E-state index contributed by atoms with van der Waals surface area (Å²) in [6, 6.07) is 0. The van der Waals surface area contributed by atoms with Crippen LogP contribution in [0.4, 0.5) is 0 Å². The van der Waals surface area contributed by atoms with E-state index in [1.54, 1.807) is 0 Å². The first kappa shape index (κ1) is 22.0. The van der Waals surface area contributed by atoms with E-state index in [-0.39, 0.29) is 30.5 Å². The topological polar surface area (TPSA) is 20.2 Å². The minimum absolute atomic E-state index is 0. The number of aliphatic hydroxyl groups excluding tert-OH is 1. The maximum Gasteiger partial charge on any atom is 2.00 e. The zero-order valence-corrected chi connectivity index (χ0v) is 4.57. The molecule has 22 valence electrons. The van der Waals surface area contributed by atoms with E-state index < -0.39 is 0 Å². The second kappa shape index (κ2) is 52.5. The molecule has 1 nitrogen and oxygen atoms in total. The van der Waals surface area contributed by atoms with E-state index in [9.17, 15) is 0 Å². The van der Waals surface area contributed by atoms with E-state index >= 15 is 0 Å². The molecule has 0 bridgehead atoms. The van der Waals surface area contributed by atoms with Crippen LogP contribution in [0.5, 0.6) is 0 Å². The van der Waals surface area contributed by atoms with Gasteiger partial charge in [0.05, 0.1) is 0 Å². The van der Waals surface area contributed by atoms with Gasteiger partial charge in [-0.05, 0) is 0 Å². The molecule has 0 radical (unpaired) electrons. The minimum Gasteiger partial charge on any atom is -0.400 e. The van der Waals surface area contributed by atoms with Crippen molar-refractivity contribution >= 4 is 23.1 Å². The molecule has 0 aliphatic carbocycles. The predicted octanol–water partition coefficient (Wildman–Crippen LogP) is -0.322. The molecule has 1 N–H and O–H groups in total. The van der Waals surface area contributed by atoms with Crippen molar-refractivity contribution in [3.63, 3.8) is 0 Å². The average Bonchev–Trinajstić information content (AvgIpc) is 1.00. The van der Waals surface area contributed by atoms with Crippen LogP contribution in [0.15, 0.2) is 0 Å². The summed E-state index contributed by atoms with van der Waals surface area (Å²) in [4.78, 5) is 0. The molecule has 4 heavy (non-hydrogen) atoms. The van der Waals surface area contributed by atoms with Crippen LogP contribution in [0.3, 0.4) is 0 Å². The van der Waals surface area contributed by atoms with Gasteiger partial charge in [-0.1, -0.05) is 0 Å². The quantitative estimate of drug-likeness (QED) is 0.306. The van der Waals surface area contributed by atoms with Gasteiger partial charge >= 0.3 is 23.1 Å². The predicted molar refractivity (Wildman–Crippen MR) is 20.3 cm³/mol. The van der Waals surface area contributed by atoms with Crippen LogP contribution in [-0.4, -0.2) is 35.3 Å². The molecule has 2 heteroatoms.